The number of aryl methyl sites for hydroxylation is 1. The van der Waals surface area contributed by atoms with E-state index < -0.39 is 0 Å². The number of carbonyl (C=O) groups excluding carboxylic acids is 1. The highest BCUT2D eigenvalue weighted by molar-refractivity contribution is 6.35. The number of carbonyl (C=O) groups is 1. The number of halogens is 2. The lowest BCUT2D eigenvalue weighted by Gasteiger charge is -2.35. The molecule has 6 heteroatoms. The van der Waals surface area contributed by atoms with Crippen LogP contribution in [-0.4, -0.2) is 55.5 Å². The van der Waals surface area contributed by atoms with E-state index in [0.29, 0.717) is 22.9 Å². The molecule has 1 aliphatic heterocycles. The molecule has 3 rings (SSSR count). The number of hydrogen-bond donors (Lipinski definition) is 1. The van der Waals surface area contributed by atoms with Gasteiger partial charge in [0, 0.05) is 49.2 Å². The molecule has 0 aromatic heterocycles. The van der Waals surface area contributed by atoms with Crippen molar-refractivity contribution in [1.82, 2.24) is 15.1 Å². The van der Waals surface area contributed by atoms with Gasteiger partial charge in [-0.3, -0.25) is 9.69 Å². The first-order valence-corrected chi connectivity index (χ1v) is 10.5. The summed E-state index contributed by atoms with van der Waals surface area (Å²) < 4.78 is 0. The molecule has 1 unspecified atom stereocenters. The van der Waals surface area contributed by atoms with Crippen LogP contribution in [0.4, 0.5) is 0 Å². The van der Waals surface area contributed by atoms with Crippen molar-refractivity contribution in [2.45, 2.75) is 18.9 Å². The quantitative estimate of drug-likeness (QED) is 0.735. The Bertz CT molecular complexity index is 777. The highest BCUT2D eigenvalue weighted by Gasteiger charge is 2.21. The fraction of sp³-hybridized carbons (Fsp3) is 0.409. The molecule has 1 aliphatic rings. The minimum atomic E-state index is -0.0159. The first kappa shape index (κ1) is 21.1. The van der Waals surface area contributed by atoms with E-state index in [1.54, 1.807) is 12.1 Å². The Morgan fingerprint density at radius 2 is 1.79 bits per heavy atom. The molecule has 1 fully saturated rings. The Morgan fingerprint density at radius 3 is 2.46 bits per heavy atom. The van der Waals surface area contributed by atoms with E-state index in [1.165, 1.54) is 0 Å². The van der Waals surface area contributed by atoms with Crippen molar-refractivity contribution in [2.24, 2.45) is 0 Å². The molecule has 0 aliphatic carbocycles. The molecular formula is C22H27Cl2N3O. The van der Waals surface area contributed by atoms with Crippen molar-refractivity contribution in [1.29, 1.82) is 0 Å². The van der Waals surface area contributed by atoms with Gasteiger partial charge in [-0.25, -0.2) is 0 Å². The lowest BCUT2D eigenvalue weighted by atomic mass is 10.0. The number of piperazine rings is 1. The normalized spacial score (nSPS) is 16.7. The van der Waals surface area contributed by atoms with Crippen LogP contribution < -0.4 is 5.32 Å². The first-order valence-electron chi connectivity index (χ1n) is 9.70. The Balaban J connectivity index is 1.60. The topological polar surface area (TPSA) is 35.6 Å². The van der Waals surface area contributed by atoms with Crippen LogP contribution in [0.3, 0.4) is 0 Å². The van der Waals surface area contributed by atoms with Crippen molar-refractivity contribution in [2.75, 3.05) is 39.8 Å². The Labute approximate surface area is 177 Å². The Hall–Kier alpha value is -1.59. The fourth-order valence-corrected chi connectivity index (χ4v) is 3.95. The summed E-state index contributed by atoms with van der Waals surface area (Å²) in [5.41, 5.74) is 2.08. The van der Waals surface area contributed by atoms with Crippen LogP contribution in [0.5, 0.6) is 0 Å². The molecule has 1 N–H and O–H groups in total. The van der Waals surface area contributed by atoms with E-state index in [2.05, 4.69) is 34.3 Å². The minimum Gasteiger partial charge on any atom is -0.348 e. The molecule has 1 saturated heterocycles. The minimum absolute atomic E-state index is 0.0159. The summed E-state index contributed by atoms with van der Waals surface area (Å²) in [4.78, 5) is 17.4. The summed E-state index contributed by atoms with van der Waals surface area (Å²) >= 11 is 12.2. The number of likely N-dealkylation sites (N-methyl/N-ethyl adjacent to an activating group) is 1. The lowest BCUT2D eigenvalue weighted by molar-refractivity contribution is -0.122. The van der Waals surface area contributed by atoms with E-state index >= 15 is 0 Å². The average molecular weight is 420 g/mol. The van der Waals surface area contributed by atoms with E-state index in [9.17, 15) is 4.79 Å². The van der Waals surface area contributed by atoms with Crippen LogP contribution >= 0.6 is 23.2 Å². The summed E-state index contributed by atoms with van der Waals surface area (Å²) in [6, 6.07) is 15.6. The van der Waals surface area contributed by atoms with Crippen molar-refractivity contribution in [3.05, 3.63) is 69.7 Å². The van der Waals surface area contributed by atoms with Crippen LogP contribution in [0, 0.1) is 0 Å². The highest BCUT2D eigenvalue weighted by Crippen LogP contribution is 2.22. The molecule has 1 atom stereocenters. The fourth-order valence-electron chi connectivity index (χ4n) is 3.45. The standard InChI is InChI=1S/C22H27Cl2N3O/c1-26-11-13-27(14-12-26)16-21(18-5-3-2-4-6-18)25-22(28)10-8-17-7-9-19(23)15-20(17)24/h2-7,9,15,21H,8,10-14,16H2,1H3,(H,25,28). The lowest BCUT2D eigenvalue weighted by Crippen LogP contribution is -2.47. The largest absolute Gasteiger partial charge is 0.348 e. The van der Waals surface area contributed by atoms with Crippen molar-refractivity contribution >= 4 is 29.1 Å². The van der Waals surface area contributed by atoms with Gasteiger partial charge in [0.25, 0.3) is 0 Å². The molecule has 28 heavy (non-hydrogen) atoms. The number of nitrogens with one attached hydrogen (secondary N) is 1. The second kappa shape index (κ2) is 10.3. The number of benzene rings is 2. The zero-order valence-electron chi connectivity index (χ0n) is 16.2. The molecule has 0 bridgehead atoms. The van der Waals surface area contributed by atoms with Crippen molar-refractivity contribution in [3.8, 4) is 0 Å². The molecule has 4 nitrogen and oxygen atoms in total. The predicted molar refractivity (Wildman–Crippen MR) is 116 cm³/mol. The smallest absolute Gasteiger partial charge is 0.220 e. The third-order valence-electron chi connectivity index (χ3n) is 5.21. The van der Waals surface area contributed by atoms with Crippen LogP contribution in [0.2, 0.25) is 10.0 Å². The molecule has 2 aromatic carbocycles. The molecule has 0 spiro atoms. The van der Waals surface area contributed by atoms with Gasteiger partial charge in [-0.15, -0.1) is 0 Å². The molecule has 2 aromatic rings. The van der Waals surface area contributed by atoms with Gasteiger partial charge < -0.3 is 10.2 Å². The average Bonchev–Trinajstić information content (AvgIpc) is 2.69. The van der Waals surface area contributed by atoms with Crippen LogP contribution in [0.25, 0.3) is 0 Å². The van der Waals surface area contributed by atoms with Gasteiger partial charge in [-0.2, -0.15) is 0 Å². The van der Waals surface area contributed by atoms with Gasteiger partial charge >= 0.3 is 0 Å². The zero-order chi connectivity index (χ0) is 19.9. The molecule has 1 heterocycles. The van der Waals surface area contributed by atoms with Crippen LogP contribution in [0.1, 0.15) is 23.6 Å². The third-order valence-corrected chi connectivity index (χ3v) is 5.80. The predicted octanol–water partition coefficient (Wildman–Crippen LogP) is 4.03. The maximum atomic E-state index is 12.7. The molecule has 0 saturated carbocycles. The number of nitrogens with zero attached hydrogens (tertiary/aromatic N) is 2. The first-order chi connectivity index (χ1) is 13.5. The Morgan fingerprint density at radius 1 is 1.07 bits per heavy atom. The van der Waals surface area contributed by atoms with E-state index in [-0.39, 0.29) is 11.9 Å². The van der Waals surface area contributed by atoms with Crippen molar-refractivity contribution < 1.29 is 4.79 Å². The van der Waals surface area contributed by atoms with Crippen LogP contribution in [-0.2, 0) is 11.2 Å². The van der Waals surface area contributed by atoms with Gasteiger partial charge in [0.05, 0.1) is 6.04 Å². The number of rotatable bonds is 7. The monoisotopic (exact) mass is 419 g/mol. The van der Waals surface area contributed by atoms with Gasteiger partial charge in [0.1, 0.15) is 0 Å². The summed E-state index contributed by atoms with van der Waals surface area (Å²) in [7, 11) is 2.15. The van der Waals surface area contributed by atoms with E-state index in [0.717, 1.165) is 43.9 Å². The van der Waals surface area contributed by atoms with Gasteiger partial charge in [0.2, 0.25) is 5.91 Å². The number of amides is 1. The summed E-state index contributed by atoms with van der Waals surface area (Å²) in [6.07, 6.45) is 0.991. The van der Waals surface area contributed by atoms with Gasteiger partial charge in [-0.05, 0) is 36.7 Å². The second-order valence-electron chi connectivity index (χ2n) is 7.37. The molecular weight excluding hydrogens is 393 g/mol. The van der Waals surface area contributed by atoms with Gasteiger partial charge in [-0.1, -0.05) is 59.6 Å². The summed E-state index contributed by atoms with van der Waals surface area (Å²) in [5, 5.41) is 4.44. The second-order valence-corrected chi connectivity index (χ2v) is 8.21. The highest BCUT2D eigenvalue weighted by atomic mass is 35.5. The maximum absolute atomic E-state index is 12.7. The number of hydrogen-bond acceptors (Lipinski definition) is 3. The molecule has 0 radical (unpaired) electrons. The van der Waals surface area contributed by atoms with Gasteiger partial charge in [0.15, 0.2) is 0 Å². The summed E-state index contributed by atoms with van der Waals surface area (Å²) in [5.74, 6) is 0.0361. The van der Waals surface area contributed by atoms with E-state index in [1.807, 2.05) is 24.3 Å². The Kier molecular flexibility index (Phi) is 7.74. The third kappa shape index (κ3) is 6.21. The molecule has 1 amide bonds. The zero-order valence-corrected chi connectivity index (χ0v) is 17.7. The van der Waals surface area contributed by atoms with Crippen LogP contribution in [0.15, 0.2) is 48.5 Å². The summed E-state index contributed by atoms with van der Waals surface area (Å²) in [6.45, 7) is 4.99. The molecule has 150 valence electrons. The van der Waals surface area contributed by atoms with Crippen molar-refractivity contribution in [3.63, 3.8) is 0 Å². The SMILES string of the molecule is CN1CCN(CC(NC(=O)CCc2ccc(Cl)cc2Cl)c2ccccc2)CC1. The van der Waals surface area contributed by atoms with E-state index in [4.69, 9.17) is 23.2 Å². The maximum Gasteiger partial charge on any atom is 0.220 e.